The zero-order valence-corrected chi connectivity index (χ0v) is 9.18. The van der Waals surface area contributed by atoms with Crippen LogP contribution in [0.15, 0.2) is 36.4 Å². The molecule has 0 amide bonds. The van der Waals surface area contributed by atoms with Gasteiger partial charge in [-0.15, -0.1) is 0 Å². The number of carbonyl (C=O) groups is 2. The molecule has 0 aliphatic rings. The van der Waals surface area contributed by atoms with Crippen molar-refractivity contribution in [2.75, 3.05) is 0 Å². The van der Waals surface area contributed by atoms with Gasteiger partial charge in [0.15, 0.2) is 0 Å². The van der Waals surface area contributed by atoms with Gasteiger partial charge >= 0.3 is 11.9 Å². The Labute approximate surface area is 93.8 Å². The van der Waals surface area contributed by atoms with Crippen LogP contribution in [-0.2, 0) is 0 Å². The first kappa shape index (κ1) is 13.9. The fourth-order valence-electron chi connectivity index (χ4n) is 0.755. The smallest absolute Gasteiger partial charge is 0.335 e. The predicted octanol–water partition coefficient (Wildman–Crippen LogP) is 2.67. The number of allylic oxidation sites excluding steroid dienone is 2. The molecule has 1 aromatic rings. The molecule has 0 saturated carbocycles. The topological polar surface area (TPSA) is 74.6 Å². The van der Waals surface area contributed by atoms with Crippen LogP contribution in [0.2, 0.25) is 0 Å². The number of benzene rings is 1. The lowest BCUT2D eigenvalue weighted by atomic mass is 10.1. The van der Waals surface area contributed by atoms with E-state index in [1.54, 1.807) is 0 Å². The molecule has 0 atom stereocenters. The molecule has 4 heteroatoms. The Balaban J connectivity index is 0.000000487. The zero-order chi connectivity index (χ0) is 12.6. The molecule has 0 radical (unpaired) electrons. The number of carboxylic acid groups (broad SMARTS) is 2. The van der Waals surface area contributed by atoms with Crippen molar-refractivity contribution >= 4 is 11.9 Å². The van der Waals surface area contributed by atoms with E-state index in [9.17, 15) is 9.59 Å². The van der Waals surface area contributed by atoms with E-state index in [4.69, 9.17) is 10.2 Å². The van der Waals surface area contributed by atoms with E-state index >= 15 is 0 Å². The summed E-state index contributed by atoms with van der Waals surface area (Å²) < 4.78 is 0. The third-order valence-corrected chi connectivity index (χ3v) is 1.71. The average Bonchev–Trinajstić information content (AvgIpc) is 2.29. The van der Waals surface area contributed by atoms with Crippen molar-refractivity contribution in [2.24, 2.45) is 0 Å². The molecule has 4 nitrogen and oxygen atoms in total. The maximum absolute atomic E-state index is 10.3. The summed E-state index contributed by atoms with van der Waals surface area (Å²) in [4.78, 5) is 20.7. The van der Waals surface area contributed by atoms with Crippen LogP contribution < -0.4 is 0 Å². The van der Waals surface area contributed by atoms with Gasteiger partial charge in [-0.1, -0.05) is 12.2 Å². The van der Waals surface area contributed by atoms with Gasteiger partial charge in [0.25, 0.3) is 0 Å². The Hall–Kier alpha value is -2.10. The van der Waals surface area contributed by atoms with Crippen LogP contribution in [0, 0.1) is 0 Å². The standard InChI is InChI=1S/C8H6O4.C4H8/c9-7(10)5-1-2-6(4-3-5)8(11)12;1-3-4-2/h1-4H,(H,9,10)(H,11,12);3-4H,1-2H3. The first-order valence-corrected chi connectivity index (χ1v) is 4.66. The van der Waals surface area contributed by atoms with E-state index < -0.39 is 11.9 Å². The lowest BCUT2D eigenvalue weighted by Gasteiger charge is -1.94. The van der Waals surface area contributed by atoms with Crippen LogP contribution in [0.3, 0.4) is 0 Å². The Morgan fingerprint density at radius 1 is 0.875 bits per heavy atom. The molecular formula is C12H14O4. The Bertz CT molecular complexity index is 340. The van der Waals surface area contributed by atoms with Gasteiger partial charge in [-0.3, -0.25) is 0 Å². The molecule has 1 aromatic carbocycles. The van der Waals surface area contributed by atoms with Crippen LogP contribution in [0.4, 0.5) is 0 Å². The van der Waals surface area contributed by atoms with E-state index in [-0.39, 0.29) is 11.1 Å². The van der Waals surface area contributed by atoms with Crippen molar-refractivity contribution in [3.05, 3.63) is 47.5 Å². The van der Waals surface area contributed by atoms with Gasteiger partial charge in [-0.25, -0.2) is 9.59 Å². The van der Waals surface area contributed by atoms with Crippen molar-refractivity contribution in [2.45, 2.75) is 13.8 Å². The van der Waals surface area contributed by atoms with E-state index in [2.05, 4.69) is 0 Å². The number of hydrogen-bond donors (Lipinski definition) is 2. The highest BCUT2D eigenvalue weighted by molar-refractivity contribution is 5.91. The van der Waals surface area contributed by atoms with Gasteiger partial charge in [-0.2, -0.15) is 0 Å². The molecule has 0 bridgehead atoms. The summed E-state index contributed by atoms with van der Waals surface area (Å²) in [5.74, 6) is -2.13. The molecular weight excluding hydrogens is 208 g/mol. The number of carboxylic acids is 2. The molecule has 1 rings (SSSR count). The van der Waals surface area contributed by atoms with Gasteiger partial charge in [0.2, 0.25) is 0 Å². The highest BCUT2D eigenvalue weighted by Crippen LogP contribution is 2.03. The molecule has 0 unspecified atom stereocenters. The third-order valence-electron chi connectivity index (χ3n) is 1.71. The van der Waals surface area contributed by atoms with Crippen LogP contribution in [0.25, 0.3) is 0 Å². The summed E-state index contributed by atoms with van der Waals surface area (Å²) in [5.41, 5.74) is 0.167. The fraction of sp³-hybridized carbons (Fsp3) is 0.167. The molecule has 0 aliphatic heterocycles. The predicted molar refractivity (Wildman–Crippen MR) is 60.8 cm³/mol. The van der Waals surface area contributed by atoms with Gasteiger partial charge < -0.3 is 10.2 Å². The van der Waals surface area contributed by atoms with Crippen molar-refractivity contribution in [3.63, 3.8) is 0 Å². The second-order valence-corrected chi connectivity index (χ2v) is 2.85. The fourth-order valence-corrected chi connectivity index (χ4v) is 0.755. The molecule has 0 aromatic heterocycles. The molecule has 16 heavy (non-hydrogen) atoms. The third kappa shape index (κ3) is 4.95. The first-order valence-electron chi connectivity index (χ1n) is 4.66. The number of hydrogen-bond acceptors (Lipinski definition) is 2. The van der Waals surface area contributed by atoms with Gasteiger partial charge in [0, 0.05) is 0 Å². The lowest BCUT2D eigenvalue weighted by Crippen LogP contribution is -1.99. The zero-order valence-electron chi connectivity index (χ0n) is 9.18. The average molecular weight is 222 g/mol. The van der Waals surface area contributed by atoms with E-state index in [0.717, 1.165) is 0 Å². The highest BCUT2D eigenvalue weighted by Gasteiger charge is 2.04. The van der Waals surface area contributed by atoms with Crippen molar-refractivity contribution in [1.82, 2.24) is 0 Å². The summed E-state index contributed by atoms with van der Waals surface area (Å²) >= 11 is 0. The number of aromatic carboxylic acids is 2. The second kappa shape index (κ2) is 7.23. The van der Waals surface area contributed by atoms with Gasteiger partial charge in [-0.05, 0) is 38.1 Å². The van der Waals surface area contributed by atoms with E-state index in [1.807, 2.05) is 26.0 Å². The molecule has 86 valence electrons. The maximum atomic E-state index is 10.3. The lowest BCUT2D eigenvalue weighted by molar-refractivity contribution is 0.0681. The molecule has 0 fully saturated rings. The van der Waals surface area contributed by atoms with Crippen molar-refractivity contribution < 1.29 is 19.8 Å². The van der Waals surface area contributed by atoms with Crippen LogP contribution in [0.5, 0.6) is 0 Å². The van der Waals surface area contributed by atoms with Crippen molar-refractivity contribution in [3.8, 4) is 0 Å². The summed E-state index contributed by atoms with van der Waals surface area (Å²) in [6.07, 6.45) is 4.00. The van der Waals surface area contributed by atoms with Crippen LogP contribution >= 0.6 is 0 Å². The number of rotatable bonds is 2. The van der Waals surface area contributed by atoms with Gasteiger partial charge in [0.05, 0.1) is 11.1 Å². The second-order valence-electron chi connectivity index (χ2n) is 2.85. The summed E-state index contributed by atoms with van der Waals surface area (Å²) in [6.45, 7) is 4.00. The van der Waals surface area contributed by atoms with Crippen molar-refractivity contribution in [1.29, 1.82) is 0 Å². The molecule has 0 spiro atoms. The minimum Gasteiger partial charge on any atom is -0.478 e. The van der Waals surface area contributed by atoms with E-state index in [1.165, 1.54) is 24.3 Å². The maximum Gasteiger partial charge on any atom is 0.335 e. The largest absolute Gasteiger partial charge is 0.478 e. The van der Waals surface area contributed by atoms with E-state index in [0.29, 0.717) is 0 Å². The summed E-state index contributed by atoms with van der Waals surface area (Å²) in [5, 5.41) is 16.9. The summed E-state index contributed by atoms with van der Waals surface area (Å²) in [7, 11) is 0. The Morgan fingerprint density at radius 3 is 1.25 bits per heavy atom. The minimum atomic E-state index is -1.06. The Kier molecular flexibility index (Phi) is 6.28. The Morgan fingerprint density at radius 2 is 1.12 bits per heavy atom. The van der Waals surface area contributed by atoms with Crippen LogP contribution in [-0.4, -0.2) is 22.2 Å². The first-order chi connectivity index (χ1) is 7.52. The SMILES string of the molecule is CC=CC.O=C(O)c1ccc(C(=O)O)cc1. The quantitative estimate of drug-likeness (QED) is 0.754. The molecule has 0 saturated heterocycles. The monoisotopic (exact) mass is 222 g/mol. The van der Waals surface area contributed by atoms with Gasteiger partial charge in [0.1, 0.15) is 0 Å². The summed E-state index contributed by atoms with van der Waals surface area (Å²) in [6, 6.07) is 5.02. The minimum absolute atomic E-state index is 0.0833. The normalized spacial score (nSPS) is 9.38. The molecule has 2 N–H and O–H groups in total. The molecule has 0 heterocycles. The van der Waals surface area contributed by atoms with Crippen LogP contribution in [0.1, 0.15) is 34.6 Å². The highest BCUT2D eigenvalue weighted by atomic mass is 16.4. The molecule has 0 aliphatic carbocycles.